The molecule has 142 valence electrons. The number of guanidine groups is 1. The first-order chi connectivity index (χ1) is 12.1. The minimum Gasteiger partial charge on any atom is -0.493 e. The Morgan fingerprint density at radius 3 is 2.20 bits per heavy atom. The molecular formula is C19H33N3O3. The number of ether oxygens (including phenoxy) is 3. The maximum Gasteiger partial charge on any atom is 0.203 e. The zero-order valence-electron chi connectivity index (χ0n) is 16.4. The second-order valence-electron chi connectivity index (χ2n) is 6.00. The number of methoxy groups -OCH3 is 3. The normalized spacial score (nSPS) is 12.5. The van der Waals surface area contributed by atoms with Crippen molar-refractivity contribution in [2.24, 2.45) is 4.99 Å². The first kappa shape index (κ1) is 20.9. The fourth-order valence-corrected chi connectivity index (χ4v) is 2.62. The Morgan fingerprint density at radius 2 is 1.72 bits per heavy atom. The van der Waals surface area contributed by atoms with Gasteiger partial charge in [0.25, 0.3) is 0 Å². The van der Waals surface area contributed by atoms with Crippen LogP contribution in [-0.4, -0.2) is 40.4 Å². The smallest absolute Gasteiger partial charge is 0.203 e. The predicted molar refractivity (Wildman–Crippen MR) is 103 cm³/mol. The van der Waals surface area contributed by atoms with Crippen LogP contribution in [0.1, 0.15) is 45.1 Å². The minimum atomic E-state index is 0.387. The number of nitrogens with one attached hydrogen (secondary N) is 2. The Morgan fingerprint density at radius 1 is 1.08 bits per heavy atom. The Hall–Kier alpha value is -2.11. The third-order valence-electron chi connectivity index (χ3n) is 4.03. The van der Waals surface area contributed by atoms with Crippen LogP contribution in [0.25, 0.3) is 0 Å². The second-order valence-corrected chi connectivity index (χ2v) is 6.00. The van der Waals surface area contributed by atoms with Gasteiger partial charge >= 0.3 is 0 Å². The Kier molecular flexibility index (Phi) is 9.58. The molecule has 2 N–H and O–H groups in total. The molecule has 1 atom stereocenters. The van der Waals surface area contributed by atoms with Crippen molar-refractivity contribution < 1.29 is 14.2 Å². The number of aliphatic imine (C=N–C) groups is 1. The molecule has 6 heteroatoms. The highest BCUT2D eigenvalue weighted by molar-refractivity contribution is 5.79. The van der Waals surface area contributed by atoms with E-state index in [2.05, 4.69) is 29.5 Å². The Balaban J connectivity index is 2.69. The number of hydrogen-bond acceptors (Lipinski definition) is 4. The van der Waals surface area contributed by atoms with Crippen molar-refractivity contribution in [3.05, 3.63) is 17.7 Å². The Labute approximate surface area is 152 Å². The zero-order valence-corrected chi connectivity index (χ0v) is 16.4. The maximum absolute atomic E-state index is 5.39. The SMILES string of the molecule is CCCCCC(C)NC(=NC)NCc1cc(OC)c(OC)c(OC)c1. The molecule has 0 aliphatic heterocycles. The summed E-state index contributed by atoms with van der Waals surface area (Å²) in [4.78, 5) is 4.30. The quantitative estimate of drug-likeness (QED) is 0.384. The number of nitrogens with zero attached hydrogens (tertiary/aromatic N) is 1. The molecule has 0 radical (unpaired) electrons. The van der Waals surface area contributed by atoms with Gasteiger partial charge < -0.3 is 24.8 Å². The van der Waals surface area contributed by atoms with Crippen LogP contribution in [0.15, 0.2) is 17.1 Å². The summed E-state index contributed by atoms with van der Waals surface area (Å²) in [6.07, 6.45) is 4.87. The van der Waals surface area contributed by atoms with E-state index in [-0.39, 0.29) is 0 Å². The van der Waals surface area contributed by atoms with Gasteiger partial charge in [-0.3, -0.25) is 4.99 Å². The molecule has 1 rings (SSSR count). The van der Waals surface area contributed by atoms with Crippen LogP contribution in [0, 0.1) is 0 Å². The molecule has 0 fully saturated rings. The molecule has 0 aliphatic carbocycles. The van der Waals surface area contributed by atoms with Crippen LogP contribution in [-0.2, 0) is 6.54 Å². The van der Waals surface area contributed by atoms with E-state index in [9.17, 15) is 0 Å². The summed E-state index contributed by atoms with van der Waals surface area (Å²) >= 11 is 0. The number of hydrogen-bond donors (Lipinski definition) is 2. The Bertz CT molecular complexity index is 522. The number of unbranched alkanes of at least 4 members (excludes halogenated alkanes) is 2. The van der Waals surface area contributed by atoms with Gasteiger partial charge in [0, 0.05) is 19.6 Å². The lowest BCUT2D eigenvalue weighted by atomic mass is 10.1. The van der Waals surface area contributed by atoms with Crippen LogP contribution in [0.4, 0.5) is 0 Å². The van der Waals surface area contributed by atoms with Crippen LogP contribution in [0.5, 0.6) is 17.2 Å². The highest BCUT2D eigenvalue weighted by atomic mass is 16.5. The van der Waals surface area contributed by atoms with E-state index in [4.69, 9.17) is 14.2 Å². The largest absolute Gasteiger partial charge is 0.493 e. The summed E-state index contributed by atoms with van der Waals surface area (Å²) in [7, 11) is 6.62. The van der Waals surface area contributed by atoms with Gasteiger partial charge in [-0.25, -0.2) is 0 Å². The predicted octanol–water partition coefficient (Wildman–Crippen LogP) is 3.35. The van der Waals surface area contributed by atoms with Gasteiger partial charge in [0.05, 0.1) is 21.3 Å². The maximum atomic E-state index is 5.39. The van der Waals surface area contributed by atoms with Crippen molar-refractivity contribution in [1.29, 1.82) is 0 Å². The van der Waals surface area contributed by atoms with Crippen molar-refractivity contribution in [3.63, 3.8) is 0 Å². The van der Waals surface area contributed by atoms with E-state index in [0.717, 1.165) is 17.9 Å². The zero-order chi connectivity index (χ0) is 18.7. The molecule has 1 unspecified atom stereocenters. The monoisotopic (exact) mass is 351 g/mol. The highest BCUT2D eigenvalue weighted by Gasteiger charge is 2.13. The highest BCUT2D eigenvalue weighted by Crippen LogP contribution is 2.38. The van der Waals surface area contributed by atoms with Crippen LogP contribution in [0.2, 0.25) is 0 Å². The summed E-state index contributed by atoms with van der Waals surface area (Å²) in [5.74, 6) is 2.68. The standard InChI is InChI=1S/C19H33N3O3/c1-7-8-9-10-14(2)22-19(20-3)21-13-15-11-16(23-4)18(25-6)17(12-15)24-5/h11-12,14H,7-10,13H2,1-6H3,(H2,20,21,22). The van der Waals surface area contributed by atoms with Crippen molar-refractivity contribution in [2.45, 2.75) is 52.1 Å². The molecule has 6 nitrogen and oxygen atoms in total. The lowest BCUT2D eigenvalue weighted by Crippen LogP contribution is -2.41. The molecule has 0 aromatic heterocycles. The van der Waals surface area contributed by atoms with E-state index in [0.29, 0.717) is 29.8 Å². The van der Waals surface area contributed by atoms with Gasteiger partial charge in [-0.05, 0) is 31.0 Å². The van der Waals surface area contributed by atoms with E-state index in [1.165, 1.54) is 19.3 Å². The molecule has 0 bridgehead atoms. The summed E-state index contributed by atoms with van der Waals surface area (Å²) in [5, 5.41) is 6.76. The topological polar surface area (TPSA) is 64.1 Å². The molecule has 0 spiro atoms. The summed E-state index contributed by atoms with van der Waals surface area (Å²) in [5.41, 5.74) is 1.02. The molecule has 0 heterocycles. The lowest BCUT2D eigenvalue weighted by Gasteiger charge is -2.19. The molecular weight excluding hydrogens is 318 g/mol. The van der Waals surface area contributed by atoms with E-state index >= 15 is 0 Å². The first-order valence-electron chi connectivity index (χ1n) is 8.85. The number of benzene rings is 1. The van der Waals surface area contributed by atoms with Crippen molar-refractivity contribution >= 4 is 5.96 Å². The van der Waals surface area contributed by atoms with Gasteiger partial charge in [0.2, 0.25) is 5.75 Å². The van der Waals surface area contributed by atoms with Crippen molar-refractivity contribution in [2.75, 3.05) is 28.4 Å². The molecule has 0 aliphatic rings. The average Bonchev–Trinajstić information content (AvgIpc) is 2.64. The third kappa shape index (κ3) is 6.72. The van der Waals surface area contributed by atoms with Gasteiger partial charge in [-0.2, -0.15) is 0 Å². The van der Waals surface area contributed by atoms with E-state index in [1.54, 1.807) is 28.4 Å². The molecule has 0 saturated heterocycles. The first-order valence-corrected chi connectivity index (χ1v) is 8.85. The molecule has 1 aromatic rings. The molecule has 0 saturated carbocycles. The van der Waals surface area contributed by atoms with Gasteiger partial charge in [-0.1, -0.05) is 26.2 Å². The third-order valence-corrected chi connectivity index (χ3v) is 4.03. The van der Waals surface area contributed by atoms with Gasteiger partial charge in [0.15, 0.2) is 17.5 Å². The van der Waals surface area contributed by atoms with Crippen LogP contribution < -0.4 is 24.8 Å². The summed E-state index contributed by atoms with van der Waals surface area (Å²) < 4.78 is 16.1. The lowest BCUT2D eigenvalue weighted by molar-refractivity contribution is 0.323. The van der Waals surface area contributed by atoms with Gasteiger partial charge in [-0.15, -0.1) is 0 Å². The molecule has 0 amide bonds. The minimum absolute atomic E-state index is 0.387. The van der Waals surface area contributed by atoms with E-state index < -0.39 is 0 Å². The summed E-state index contributed by atoms with van der Waals surface area (Å²) in [6.45, 7) is 5.01. The number of rotatable bonds is 10. The van der Waals surface area contributed by atoms with E-state index in [1.807, 2.05) is 12.1 Å². The van der Waals surface area contributed by atoms with Gasteiger partial charge in [0.1, 0.15) is 0 Å². The second kappa shape index (κ2) is 11.4. The average molecular weight is 351 g/mol. The molecule has 25 heavy (non-hydrogen) atoms. The van der Waals surface area contributed by atoms with Crippen LogP contribution in [0.3, 0.4) is 0 Å². The van der Waals surface area contributed by atoms with Crippen LogP contribution >= 0.6 is 0 Å². The van der Waals surface area contributed by atoms with Crippen molar-refractivity contribution in [3.8, 4) is 17.2 Å². The fourth-order valence-electron chi connectivity index (χ4n) is 2.62. The molecule has 1 aromatic carbocycles. The fraction of sp³-hybridized carbons (Fsp3) is 0.632. The summed E-state index contributed by atoms with van der Waals surface area (Å²) in [6, 6.07) is 4.26. The van der Waals surface area contributed by atoms with Crippen molar-refractivity contribution in [1.82, 2.24) is 10.6 Å².